The van der Waals surface area contributed by atoms with Crippen molar-refractivity contribution in [3.8, 4) is 0 Å². The number of fused-ring (bicyclic) bond motifs is 1. The fraction of sp³-hybridized carbons (Fsp3) is 0.158. The van der Waals surface area contributed by atoms with E-state index in [4.69, 9.17) is 0 Å². The molecule has 3 aromatic carbocycles. The molecule has 106 valence electrons. The largest absolute Gasteiger partial charge is 0.0835 e. The third-order valence-corrected chi connectivity index (χ3v) is 5.02. The van der Waals surface area contributed by atoms with E-state index in [0.29, 0.717) is 4.83 Å². The van der Waals surface area contributed by atoms with Gasteiger partial charge in [0.1, 0.15) is 0 Å². The van der Waals surface area contributed by atoms with E-state index in [2.05, 4.69) is 99.4 Å². The Morgan fingerprint density at radius 1 is 0.952 bits per heavy atom. The Bertz CT molecular complexity index is 752. The summed E-state index contributed by atoms with van der Waals surface area (Å²) in [6, 6.07) is 21.7. The van der Waals surface area contributed by atoms with Crippen molar-refractivity contribution in [3.63, 3.8) is 0 Å². The van der Waals surface area contributed by atoms with E-state index < -0.39 is 0 Å². The van der Waals surface area contributed by atoms with Crippen LogP contribution in [0.15, 0.2) is 65.1 Å². The second kappa shape index (κ2) is 6.33. The van der Waals surface area contributed by atoms with Crippen LogP contribution in [-0.4, -0.2) is 0 Å². The normalized spacial score (nSPS) is 12.5. The molecule has 0 amide bonds. The van der Waals surface area contributed by atoms with Crippen LogP contribution in [0.4, 0.5) is 0 Å². The van der Waals surface area contributed by atoms with Crippen LogP contribution in [0.2, 0.25) is 0 Å². The van der Waals surface area contributed by atoms with Gasteiger partial charge in [0.2, 0.25) is 0 Å². The number of aryl methyl sites for hydroxylation is 1. The van der Waals surface area contributed by atoms with Crippen molar-refractivity contribution in [2.24, 2.45) is 0 Å². The highest BCUT2D eigenvalue weighted by Crippen LogP contribution is 2.32. The van der Waals surface area contributed by atoms with Gasteiger partial charge in [0, 0.05) is 9.30 Å². The molecular formula is C19H16Br2. The van der Waals surface area contributed by atoms with E-state index in [9.17, 15) is 0 Å². The zero-order valence-electron chi connectivity index (χ0n) is 11.8. The quantitative estimate of drug-likeness (QED) is 0.432. The smallest absolute Gasteiger partial charge is 0.0436 e. The molecule has 0 bridgehead atoms. The SMILES string of the molecule is Cc1cc(Br)cc(C(Br)Cc2cccc3ccccc23)c1. The zero-order valence-corrected chi connectivity index (χ0v) is 15.0. The van der Waals surface area contributed by atoms with Gasteiger partial charge in [0.15, 0.2) is 0 Å². The Morgan fingerprint density at radius 2 is 1.71 bits per heavy atom. The highest BCUT2D eigenvalue weighted by Gasteiger charge is 2.11. The molecule has 1 unspecified atom stereocenters. The Kier molecular flexibility index (Phi) is 4.46. The van der Waals surface area contributed by atoms with Crippen molar-refractivity contribution in [3.05, 3.63) is 81.8 Å². The number of alkyl halides is 1. The maximum absolute atomic E-state index is 3.86. The van der Waals surface area contributed by atoms with Crippen LogP contribution in [0.3, 0.4) is 0 Å². The molecule has 0 radical (unpaired) electrons. The van der Waals surface area contributed by atoms with Crippen LogP contribution < -0.4 is 0 Å². The monoisotopic (exact) mass is 402 g/mol. The zero-order chi connectivity index (χ0) is 14.8. The molecule has 0 saturated carbocycles. The van der Waals surface area contributed by atoms with Gasteiger partial charge >= 0.3 is 0 Å². The molecule has 1 atom stereocenters. The first-order chi connectivity index (χ1) is 10.1. The van der Waals surface area contributed by atoms with Crippen molar-refractivity contribution < 1.29 is 0 Å². The third kappa shape index (κ3) is 3.38. The summed E-state index contributed by atoms with van der Waals surface area (Å²) in [4.78, 5) is 0.319. The van der Waals surface area contributed by atoms with Crippen LogP contribution in [-0.2, 0) is 6.42 Å². The molecule has 2 heteroatoms. The molecule has 3 aromatic rings. The van der Waals surface area contributed by atoms with Crippen LogP contribution in [0.25, 0.3) is 10.8 Å². The fourth-order valence-corrected chi connectivity index (χ4v) is 3.97. The Hall–Kier alpha value is -1.12. The molecule has 0 nitrogen and oxygen atoms in total. The molecule has 0 aliphatic heterocycles. The molecular weight excluding hydrogens is 388 g/mol. The standard InChI is InChI=1S/C19H16Br2/c1-13-9-16(11-17(20)10-13)19(21)12-15-7-4-6-14-5-2-3-8-18(14)15/h2-11,19H,12H2,1H3. The summed E-state index contributed by atoms with van der Waals surface area (Å²) in [6.07, 6.45) is 0.983. The van der Waals surface area contributed by atoms with E-state index in [1.165, 1.54) is 27.5 Å². The fourth-order valence-electron chi connectivity index (χ4n) is 2.73. The number of benzene rings is 3. The van der Waals surface area contributed by atoms with Crippen molar-refractivity contribution in [1.82, 2.24) is 0 Å². The maximum Gasteiger partial charge on any atom is 0.0436 e. The molecule has 0 aliphatic carbocycles. The Balaban J connectivity index is 1.94. The number of hydrogen-bond donors (Lipinski definition) is 0. The first-order valence-electron chi connectivity index (χ1n) is 7.01. The average Bonchev–Trinajstić information content (AvgIpc) is 2.46. The summed E-state index contributed by atoms with van der Waals surface area (Å²) in [5, 5.41) is 2.65. The van der Waals surface area contributed by atoms with Gasteiger partial charge in [-0.3, -0.25) is 0 Å². The minimum Gasteiger partial charge on any atom is -0.0835 e. The summed E-state index contributed by atoms with van der Waals surface area (Å²) in [7, 11) is 0. The minimum absolute atomic E-state index is 0.319. The lowest BCUT2D eigenvalue weighted by molar-refractivity contribution is 0.954. The van der Waals surface area contributed by atoms with E-state index in [1.807, 2.05) is 0 Å². The first-order valence-corrected chi connectivity index (χ1v) is 8.72. The van der Waals surface area contributed by atoms with Crippen molar-refractivity contribution in [2.75, 3.05) is 0 Å². The second-order valence-corrected chi connectivity index (χ2v) is 7.39. The minimum atomic E-state index is 0.319. The molecule has 0 spiro atoms. The van der Waals surface area contributed by atoms with Crippen molar-refractivity contribution in [1.29, 1.82) is 0 Å². The van der Waals surface area contributed by atoms with Crippen LogP contribution in [0, 0.1) is 6.92 Å². The molecule has 0 N–H and O–H groups in total. The van der Waals surface area contributed by atoms with Crippen LogP contribution in [0.5, 0.6) is 0 Å². The van der Waals surface area contributed by atoms with Gasteiger partial charge in [-0.2, -0.15) is 0 Å². The van der Waals surface area contributed by atoms with Gasteiger partial charge in [0.25, 0.3) is 0 Å². The second-order valence-electron chi connectivity index (χ2n) is 5.37. The molecule has 0 aliphatic rings. The highest BCUT2D eigenvalue weighted by atomic mass is 79.9. The molecule has 0 aromatic heterocycles. The van der Waals surface area contributed by atoms with Gasteiger partial charge in [0.05, 0.1) is 0 Å². The number of halogens is 2. The molecule has 21 heavy (non-hydrogen) atoms. The summed E-state index contributed by atoms with van der Waals surface area (Å²) in [6.45, 7) is 2.13. The predicted octanol–water partition coefficient (Wildman–Crippen LogP) is 6.59. The Labute approximate surface area is 142 Å². The number of rotatable bonds is 3. The summed E-state index contributed by atoms with van der Waals surface area (Å²) >= 11 is 7.44. The van der Waals surface area contributed by atoms with Crippen molar-refractivity contribution >= 4 is 42.6 Å². The predicted molar refractivity (Wildman–Crippen MR) is 98.2 cm³/mol. The van der Waals surface area contributed by atoms with E-state index in [1.54, 1.807) is 0 Å². The summed E-state index contributed by atoms with van der Waals surface area (Å²) in [5.41, 5.74) is 3.98. The average molecular weight is 404 g/mol. The van der Waals surface area contributed by atoms with E-state index in [0.717, 1.165) is 10.9 Å². The van der Waals surface area contributed by atoms with Crippen LogP contribution >= 0.6 is 31.9 Å². The Morgan fingerprint density at radius 3 is 2.52 bits per heavy atom. The van der Waals surface area contributed by atoms with Gasteiger partial charge in [-0.1, -0.05) is 80.4 Å². The van der Waals surface area contributed by atoms with Crippen LogP contribution in [0.1, 0.15) is 21.5 Å². The first kappa shape index (κ1) is 14.8. The number of hydrogen-bond acceptors (Lipinski definition) is 0. The highest BCUT2D eigenvalue weighted by molar-refractivity contribution is 9.10. The van der Waals surface area contributed by atoms with Crippen molar-refractivity contribution in [2.45, 2.75) is 18.2 Å². The molecule has 3 rings (SSSR count). The van der Waals surface area contributed by atoms with Gasteiger partial charge in [-0.25, -0.2) is 0 Å². The lowest BCUT2D eigenvalue weighted by atomic mass is 9.98. The third-order valence-electron chi connectivity index (χ3n) is 3.71. The lowest BCUT2D eigenvalue weighted by Gasteiger charge is -2.14. The van der Waals surface area contributed by atoms with E-state index in [-0.39, 0.29) is 0 Å². The maximum atomic E-state index is 3.86. The topological polar surface area (TPSA) is 0 Å². The molecule has 0 heterocycles. The molecule has 0 fully saturated rings. The van der Waals surface area contributed by atoms with Gasteiger partial charge < -0.3 is 0 Å². The van der Waals surface area contributed by atoms with E-state index >= 15 is 0 Å². The summed E-state index contributed by atoms with van der Waals surface area (Å²) < 4.78 is 1.14. The molecule has 0 saturated heterocycles. The summed E-state index contributed by atoms with van der Waals surface area (Å²) in [5.74, 6) is 0. The lowest BCUT2D eigenvalue weighted by Crippen LogP contribution is -1.97. The van der Waals surface area contributed by atoms with Gasteiger partial charge in [-0.15, -0.1) is 0 Å². The van der Waals surface area contributed by atoms with Gasteiger partial charge in [-0.05, 0) is 52.9 Å².